The van der Waals surface area contributed by atoms with Gasteiger partial charge in [0.25, 0.3) is 0 Å². The summed E-state index contributed by atoms with van der Waals surface area (Å²) in [5.41, 5.74) is 0. The summed E-state index contributed by atoms with van der Waals surface area (Å²) < 4.78 is 5.71. The second-order valence-corrected chi connectivity index (χ2v) is 5.39. The van der Waals surface area contributed by atoms with Crippen molar-refractivity contribution < 1.29 is 9.53 Å². The van der Waals surface area contributed by atoms with Crippen LogP contribution in [0, 0.1) is 0 Å². The Hall–Kier alpha value is -0.550. The number of hydrogen-bond acceptors (Lipinski definition) is 3. The first-order valence-electron chi connectivity index (χ1n) is 4.17. The topological polar surface area (TPSA) is 29.5 Å². The Bertz CT molecular complexity index is 314. The number of rotatable bonds is 3. The van der Waals surface area contributed by atoms with E-state index >= 15 is 0 Å². The molecule has 1 heterocycles. The molecule has 14 heavy (non-hydrogen) atoms. The van der Waals surface area contributed by atoms with Crippen molar-refractivity contribution in [2.75, 3.05) is 20.7 Å². The SMILES string of the molecule is COC(=O)N(C)CCc1ccc(Br)s1. The van der Waals surface area contributed by atoms with Crippen LogP contribution in [0.5, 0.6) is 0 Å². The van der Waals surface area contributed by atoms with Gasteiger partial charge in [-0.3, -0.25) is 0 Å². The Balaban J connectivity index is 2.37. The van der Waals surface area contributed by atoms with E-state index < -0.39 is 0 Å². The van der Waals surface area contributed by atoms with Gasteiger partial charge in [-0.15, -0.1) is 11.3 Å². The van der Waals surface area contributed by atoms with E-state index in [-0.39, 0.29) is 6.09 Å². The van der Waals surface area contributed by atoms with Gasteiger partial charge in [0, 0.05) is 18.5 Å². The number of halogens is 1. The molecule has 0 radical (unpaired) electrons. The zero-order valence-electron chi connectivity index (χ0n) is 8.12. The Morgan fingerprint density at radius 1 is 1.64 bits per heavy atom. The molecular weight excluding hydrogens is 266 g/mol. The van der Waals surface area contributed by atoms with E-state index in [0.717, 1.165) is 10.2 Å². The fourth-order valence-corrected chi connectivity index (χ4v) is 2.48. The highest BCUT2D eigenvalue weighted by Crippen LogP contribution is 2.22. The van der Waals surface area contributed by atoms with Crippen LogP contribution in [0.3, 0.4) is 0 Å². The zero-order chi connectivity index (χ0) is 10.6. The molecule has 1 aromatic heterocycles. The van der Waals surface area contributed by atoms with Crippen molar-refractivity contribution in [2.45, 2.75) is 6.42 Å². The van der Waals surface area contributed by atoms with Gasteiger partial charge in [0.1, 0.15) is 0 Å². The lowest BCUT2D eigenvalue weighted by atomic mass is 10.3. The van der Waals surface area contributed by atoms with Gasteiger partial charge in [0.2, 0.25) is 0 Å². The quantitative estimate of drug-likeness (QED) is 0.850. The standard InChI is InChI=1S/C9H12BrNO2S/c1-11(9(12)13-2)6-5-7-3-4-8(10)14-7/h3-4H,5-6H2,1-2H3. The minimum absolute atomic E-state index is 0.291. The molecule has 0 atom stereocenters. The smallest absolute Gasteiger partial charge is 0.409 e. The van der Waals surface area contributed by atoms with E-state index in [1.807, 2.05) is 6.07 Å². The van der Waals surface area contributed by atoms with Crippen molar-refractivity contribution in [3.8, 4) is 0 Å². The minimum Gasteiger partial charge on any atom is -0.453 e. The molecule has 0 aromatic carbocycles. The molecule has 0 N–H and O–H groups in total. The summed E-state index contributed by atoms with van der Waals surface area (Å²) in [6, 6.07) is 4.07. The Morgan fingerprint density at radius 3 is 2.86 bits per heavy atom. The fraction of sp³-hybridized carbons (Fsp3) is 0.444. The maximum Gasteiger partial charge on any atom is 0.409 e. The highest BCUT2D eigenvalue weighted by atomic mass is 79.9. The van der Waals surface area contributed by atoms with E-state index in [2.05, 4.69) is 26.7 Å². The summed E-state index contributed by atoms with van der Waals surface area (Å²) in [5, 5.41) is 0. The first kappa shape index (κ1) is 11.5. The van der Waals surface area contributed by atoms with Crippen LogP contribution in [0.2, 0.25) is 0 Å². The van der Waals surface area contributed by atoms with Crippen LogP contribution < -0.4 is 0 Å². The molecule has 0 aliphatic heterocycles. The van der Waals surface area contributed by atoms with Crippen molar-refractivity contribution in [1.82, 2.24) is 4.90 Å². The highest BCUT2D eigenvalue weighted by Gasteiger charge is 2.07. The molecule has 1 amide bonds. The van der Waals surface area contributed by atoms with Crippen LogP contribution in [-0.4, -0.2) is 31.7 Å². The number of amides is 1. The number of carbonyl (C=O) groups is 1. The van der Waals surface area contributed by atoms with Gasteiger partial charge in [0.15, 0.2) is 0 Å². The molecule has 0 fully saturated rings. The van der Waals surface area contributed by atoms with Crippen molar-refractivity contribution in [3.05, 3.63) is 20.8 Å². The van der Waals surface area contributed by atoms with E-state index in [1.165, 1.54) is 12.0 Å². The lowest BCUT2D eigenvalue weighted by molar-refractivity contribution is 0.134. The molecule has 0 aliphatic rings. The number of carbonyl (C=O) groups excluding carboxylic acids is 1. The first-order chi connectivity index (χ1) is 6.63. The lowest BCUT2D eigenvalue weighted by Gasteiger charge is -2.14. The molecule has 0 spiro atoms. The second-order valence-electron chi connectivity index (χ2n) is 2.85. The molecule has 0 saturated heterocycles. The van der Waals surface area contributed by atoms with Gasteiger partial charge >= 0.3 is 6.09 Å². The molecule has 0 unspecified atom stereocenters. The molecule has 0 bridgehead atoms. The third-order valence-electron chi connectivity index (χ3n) is 1.81. The molecule has 0 saturated carbocycles. The molecule has 78 valence electrons. The van der Waals surface area contributed by atoms with Gasteiger partial charge in [-0.2, -0.15) is 0 Å². The summed E-state index contributed by atoms with van der Waals surface area (Å²) in [6.45, 7) is 0.680. The van der Waals surface area contributed by atoms with E-state index in [9.17, 15) is 4.79 Å². The summed E-state index contributed by atoms with van der Waals surface area (Å²) in [7, 11) is 3.12. The molecule has 1 aromatic rings. The predicted octanol–water partition coefficient (Wildman–Crippen LogP) is 2.75. The van der Waals surface area contributed by atoms with Crippen LogP contribution in [0.1, 0.15) is 4.88 Å². The Labute approximate surface area is 95.8 Å². The monoisotopic (exact) mass is 277 g/mol. The third-order valence-corrected chi connectivity index (χ3v) is 3.49. The Morgan fingerprint density at radius 2 is 2.36 bits per heavy atom. The van der Waals surface area contributed by atoms with Crippen LogP contribution in [0.15, 0.2) is 15.9 Å². The molecule has 5 heteroatoms. The molecule has 0 aliphatic carbocycles. The highest BCUT2D eigenvalue weighted by molar-refractivity contribution is 9.11. The largest absolute Gasteiger partial charge is 0.453 e. The van der Waals surface area contributed by atoms with E-state index in [1.54, 1.807) is 23.3 Å². The second kappa shape index (κ2) is 5.36. The molecular formula is C9H12BrNO2S. The normalized spacial score (nSPS) is 9.93. The number of thiophene rings is 1. The fourth-order valence-electron chi connectivity index (χ4n) is 1.01. The van der Waals surface area contributed by atoms with E-state index in [0.29, 0.717) is 6.54 Å². The third kappa shape index (κ3) is 3.31. The zero-order valence-corrected chi connectivity index (χ0v) is 10.5. The van der Waals surface area contributed by atoms with Crippen molar-refractivity contribution in [1.29, 1.82) is 0 Å². The molecule has 1 rings (SSSR count). The minimum atomic E-state index is -0.291. The van der Waals surface area contributed by atoms with Crippen molar-refractivity contribution in [2.24, 2.45) is 0 Å². The van der Waals surface area contributed by atoms with Crippen LogP contribution in [0.4, 0.5) is 4.79 Å². The summed E-state index contributed by atoms with van der Waals surface area (Å²) in [6.07, 6.45) is 0.572. The summed E-state index contributed by atoms with van der Waals surface area (Å²) in [4.78, 5) is 13.9. The van der Waals surface area contributed by atoms with Gasteiger partial charge < -0.3 is 9.64 Å². The number of methoxy groups -OCH3 is 1. The predicted molar refractivity (Wildman–Crippen MR) is 60.8 cm³/mol. The molecule has 3 nitrogen and oxygen atoms in total. The average Bonchev–Trinajstić information content (AvgIpc) is 2.59. The number of hydrogen-bond donors (Lipinski definition) is 0. The summed E-state index contributed by atoms with van der Waals surface area (Å²) >= 11 is 5.08. The van der Waals surface area contributed by atoms with Gasteiger partial charge in [0.05, 0.1) is 10.9 Å². The van der Waals surface area contributed by atoms with Crippen LogP contribution >= 0.6 is 27.3 Å². The van der Waals surface area contributed by atoms with Crippen LogP contribution in [0.25, 0.3) is 0 Å². The van der Waals surface area contributed by atoms with Gasteiger partial charge in [-0.25, -0.2) is 4.79 Å². The van der Waals surface area contributed by atoms with E-state index in [4.69, 9.17) is 0 Å². The van der Waals surface area contributed by atoms with Crippen molar-refractivity contribution >= 4 is 33.4 Å². The van der Waals surface area contributed by atoms with Gasteiger partial charge in [-0.05, 0) is 34.5 Å². The number of ether oxygens (including phenoxy) is 1. The Kier molecular flexibility index (Phi) is 4.41. The van der Waals surface area contributed by atoms with Crippen LogP contribution in [-0.2, 0) is 11.2 Å². The number of likely N-dealkylation sites (N-methyl/N-ethyl adjacent to an activating group) is 1. The first-order valence-corrected chi connectivity index (χ1v) is 5.77. The number of nitrogens with zero attached hydrogens (tertiary/aromatic N) is 1. The maximum atomic E-state index is 11.0. The lowest BCUT2D eigenvalue weighted by Crippen LogP contribution is -2.28. The van der Waals surface area contributed by atoms with Crippen molar-refractivity contribution in [3.63, 3.8) is 0 Å². The van der Waals surface area contributed by atoms with Gasteiger partial charge in [-0.1, -0.05) is 0 Å². The average molecular weight is 278 g/mol. The maximum absolute atomic E-state index is 11.0. The summed E-state index contributed by atoms with van der Waals surface area (Å²) in [5.74, 6) is 0.